The van der Waals surface area contributed by atoms with Gasteiger partial charge in [0.1, 0.15) is 5.52 Å². The molecule has 1 aromatic carbocycles. The predicted molar refractivity (Wildman–Crippen MR) is 85.8 cm³/mol. The highest BCUT2D eigenvalue weighted by Crippen LogP contribution is 2.37. The molecule has 1 amide bonds. The molecule has 2 N–H and O–H groups in total. The van der Waals surface area contributed by atoms with Crippen molar-refractivity contribution >= 4 is 29.3 Å². The van der Waals surface area contributed by atoms with Crippen molar-refractivity contribution in [2.24, 2.45) is 24.6 Å². The van der Waals surface area contributed by atoms with E-state index >= 15 is 0 Å². The fourth-order valence-electron chi connectivity index (χ4n) is 3.83. The van der Waals surface area contributed by atoms with Crippen molar-refractivity contribution < 1.29 is 4.79 Å². The van der Waals surface area contributed by atoms with Gasteiger partial charge in [-0.2, -0.15) is 0 Å². The third kappa shape index (κ3) is 2.27. The lowest BCUT2D eigenvalue weighted by molar-refractivity contribution is 0.0779. The van der Waals surface area contributed by atoms with Gasteiger partial charge in [0, 0.05) is 31.7 Å². The van der Waals surface area contributed by atoms with Gasteiger partial charge in [-0.25, -0.2) is 4.68 Å². The maximum atomic E-state index is 12.7. The van der Waals surface area contributed by atoms with Gasteiger partial charge in [0.2, 0.25) is 0 Å². The zero-order valence-corrected chi connectivity index (χ0v) is 13.3. The van der Waals surface area contributed by atoms with E-state index in [9.17, 15) is 4.79 Å². The third-order valence-electron chi connectivity index (χ3n) is 5.06. The Labute approximate surface area is 135 Å². The number of likely N-dealkylation sites (tertiary alicyclic amines) is 1. The maximum absolute atomic E-state index is 12.7. The van der Waals surface area contributed by atoms with Crippen LogP contribution < -0.4 is 5.73 Å². The highest BCUT2D eigenvalue weighted by molar-refractivity contribution is 5.97. The van der Waals surface area contributed by atoms with Crippen LogP contribution in [0.3, 0.4) is 0 Å². The lowest BCUT2D eigenvalue weighted by atomic mass is 9.98. The molecule has 1 aliphatic carbocycles. The highest BCUT2D eigenvalue weighted by atomic mass is 35.5. The molecule has 3 atom stereocenters. The zero-order valence-electron chi connectivity index (χ0n) is 12.5. The summed E-state index contributed by atoms with van der Waals surface area (Å²) in [5.41, 5.74) is 8.53. The molecule has 1 aliphatic heterocycles. The van der Waals surface area contributed by atoms with Crippen molar-refractivity contribution in [3.8, 4) is 0 Å². The van der Waals surface area contributed by atoms with Crippen molar-refractivity contribution in [1.82, 2.24) is 19.9 Å². The minimum Gasteiger partial charge on any atom is -0.338 e. The number of aromatic nitrogens is 3. The predicted octanol–water partition coefficient (Wildman–Crippen LogP) is 1.20. The minimum absolute atomic E-state index is 0. The van der Waals surface area contributed by atoms with Crippen LogP contribution in [0.25, 0.3) is 11.0 Å². The van der Waals surface area contributed by atoms with E-state index in [1.54, 1.807) is 4.68 Å². The molecule has 3 unspecified atom stereocenters. The summed E-state index contributed by atoms with van der Waals surface area (Å²) < 4.78 is 1.71. The number of fused-ring (bicyclic) bond motifs is 2. The van der Waals surface area contributed by atoms with Gasteiger partial charge in [0.15, 0.2) is 0 Å². The molecular formula is C15H20ClN5O. The molecule has 1 saturated carbocycles. The van der Waals surface area contributed by atoms with Gasteiger partial charge >= 0.3 is 0 Å². The smallest absolute Gasteiger partial charge is 0.253 e. The number of rotatable bonds is 1. The van der Waals surface area contributed by atoms with E-state index in [-0.39, 0.29) is 24.4 Å². The van der Waals surface area contributed by atoms with E-state index in [1.165, 1.54) is 0 Å². The Kier molecular flexibility index (Phi) is 3.82. The normalized spacial score (nSPS) is 27.0. The molecule has 2 heterocycles. The summed E-state index contributed by atoms with van der Waals surface area (Å²) in [6, 6.07) is 5.86. The standard InChI is InChI=1S/C15H19N5O.ClH/c1-19-14-5-3-9(6-13(14)17-18-19)15(21)20-7-10-2-4-12(16)11(10)8-20;/h3,5-6,10-12H,2,4,7-8,16H2,1H3;1H. The van der Waals surface area contributed by atoms with E-state index in [0.29, 0.717) is 17.4 Å². The SMILES string of the molecule is Cl.Cn1nnc2cc(C(=O)N3CC4CCC(N)C4C3)ccc21. The van der Waals surface area contributed by atoms with Crippen molar-refractivity contribution in [2.75, 3.05) is 13.1 Å². The first-order valence-corrected chi connectivity index (χ1v) is 7.48. The van der Waals surface area contributed by atoms with E-state index in [4.69, 9.17) is 5.73 Å². The maximum Gasteiger partial charge on any atom is 0.253 e. The number of carbonyl (C=O) groups excluding carboxylic acids is 1. The summed E-state index contributed by atoms with van der Waals surface area (Å²) in [6.07, 6.45) is 2.25. The van der Waals surface area contributed by atoms with E-state index < -0.39 is 0 Å². The third-order valence-corrected chi connectivity index (χ3v) is 5.06. The zero-order chi connectivity index (χ0) is 14.6. The van der Waals surface area contributed by atoms with Crippen LogP contribution >= 0.6 is 12.4 Å². The molecule has 7 heteroatoms. The summed E-state index contributed by atoms with van der Waals surface area (Å²) in [5, 5.41) is 8.05. The second-order valence-corrected chi connectivity index (χ2v) is 6.29. The summed E-state index contributed by atoms with van der Waals surface area (Å²) in [5.74, 6) is 1.16. The molecule has 0 radical (unpaired) electrons. The van der Waals surface area contributed by atoms with Crippen molar-refractivity contribution in [2.45, 2.75) is 18.9 Å². The molecule has 2 aromatic rings. The van der Waals surface area contributed by atoms with Gasteiger partial charge in [-0.05, 0) is 42.9 Å². The van der Waals surface area contributed by atoms with Crippen LogP contribution in [0, 0.1) is 11.8 Å². The summed E-state index contributed by atoms with van der Waals surface area (Å²) in [6.45, 7) is 1.64. The molecule has 1 aromatic heterocycles. The lowest BCUT2D eigenvalue weighted by Crippen LogP contribution is -2.33. The van der Waals surface area contributed by atoms with Crippen LogP contribution in [-0.4, -0.2) is 44.9 Å². The van der Waals surface area contributed by atoms with E-state index in [1.807, 2.05) is 30.1 Å². The molecule has 6 nitrogen and oxygen atoms in total. The number of carbonyl (C=O) groups is 1. The first kappa shape index (κ1) is 15.2. The Balaban J connectivity index is 0.00000144. The number of nitrogens with two attached hydrogens (primary N) is 1. The highest BCUT2D eigenvalue weighted by Gasteiger charge is 2.42. The average Bonchev–Trinajstić information content (AvgIpc) is 3.15. The Morgan fingerprint density at radius 3 is 2.91 bits per heavy atom. The molecule has 1 saturated heterocycles. The molecular weight excluding hydrogens is 302 g/mol. The molecule has 0 bridgehead atoms. The summed E-state index contributed by atoms with van der Waals surface area (Å²) in [4.78, 5) is 14.6. The van der Waals surface area contributed by atoms with Gasteiger partial charge in [0.05, 0.1) is 5.52 Å². The molecule has 2 fully saturated rings. The van der Waals surface area contributed by atoms with Gasteiger partial charge in [-0.1, -0.05) is 5.21 Å². The Bertz CT molecular complexity index is 715. The van der Waals surface area contributed by atoms with Gasteiger partial charge in [0.25, 0.3) is 5.91 Å². The number of halogens is 1. The number of aryl methyl sites for hydroxylation is 1. The summed E-state index contributed by atoms with van der Waals surface area (Å²) >= 11 is 0. The van der Waals surface area contributed by atoms with Gasteiger partial charge in [-0.3, -0.25) is 4.79 Å². The number of hydrogen-bond donors (Lipinski definition) is 1. The van der Waals surface area contributed by atoms with Crippen LogP contribution in [-0.2, 0) is 7.05 Å². The monoisotopic (exact) mass is 321 g/mol. The topological polar surface area (TPSA) is 77.0 Å². The first-order chi connectivity index (χ1) is 10.1. The Morgan fingerprint density at radius 2 is 2.14 bits per heavy atom. The molecule has 2 aliphatic rings. The Hall–Kier alpha value is -1.66. The second-order valence-electron chi connectivity index (χ2n) is 6.29. The number of hydrogen-bond acceptors (Lipinski definition) is 4. The first-order valence-electron chi connectivity index (χ1n) is 7.48. The van der Waals surface area contributed by atoms with Gasteiger partial charge in [-0.15, -0.1) is 17.5 Å². The molecule has 22 heavy (non-hydrogen) atoms. The quantitative estimate of drug-likeness (QED) is 0.856. The molecule has 118 valence electrons. The van der Waals surface area contributed by atoms with E-state index in [0.717, 1.165) is 37.0 Å². The fourth-order valence-corrected chi connectivity index (χ4v) is 3.83. The van der Waals surface area contributed by atoms with Crippen molar-refractivity contribution in [3.63, 3.8) is 0 Å². The largest absolute Gasteiger partial charge is 0.338 e. The minimum atomic E-state index is 0. The van der Waals surface area contributed by atoms with Crippen LogP contribution in [0.2, 0.25) is 0 Å². The summed E-state index contributed by atoms with van der Waals surface area (Å²) in [7, 11) is 1.85. The van der Waals surface area contributed by atoms with Gasteiger partial charge < -0.3 is 10.6 Å². The number of nitrogens with zero attached hydrogens (tertiary/aromatic N) is 4. The number of amides is 1. The van der Waals surface area contributed by atoms with Crippen molar-refractivity contribution in [3.05, 3.63) is 23.8 Å². The van der Waals surface area contributed by atoms with Crippen LogP contribution in [0.4, 0.5) is 0 Å². The second kappa shape index (κ2) is 5.52. The average molecular weight is 322 g/mol. The molecule has 4 rings (SSSR count). The van der Waals surface area contributed by atoms with Crippen LogP contribution in [0.15, 0.2) is 18.2 Å². The van der Waals surface area contributed by atoms with Crippen LogP contribution in [0.1, 0.15) is 23.2 Å². The van der Waals surface area contributed by atoms with E-state index in [2.05, 4.69) is 10.3 Å². The molecule has 0 spiro atoms. The fraction of sp³-hybridized carbons (Fsp3) is 0.533. The van der Waals surface area contributed by atoms with Crippen molar-refractivity contribution in [1.29, 1.82) is 0 Å². The lowest BCUT2D eigenvalue weighted by Gasteiger charge is -2.18. The van der Waals surface area contributed by atoms with Crippen LogP contribution in [0.5, 0.6) is 0 Å². The Morgan fingerprint density at radius 1 is 1.32 bits per heavy atom. The number of benzene rings is 1.